The molecule has 0 bridgehead atoms. The van der Waals surface area contributed by atoms with Crippen molar-refractivity contribution in [1.82, 2.24) is 9.29 Å². The Morgan fingerprint density at radius 2 is 1.95 bits per heavy atom. The molecule has 2 aromatic rings. The van der Waals surface area contributed by atoms with Crippen molar-refractivity contribution in [1.29, 1.82) is 0 Å². The Hall–Kier alpha value is -1.70. The Labute approximate surface area is 117 Å². The zero-order valence-electron chi connectivity index (χ0n) is 11.0. The van der Waals surface area contributed by atoms with Gasteiger partial charge in [-0.05, 0) is 23.8 Å². The summed E-state index contributed by atoms with van der Waals surface area (Å²) in [5.41, 5.74) is 6.93. The van der Waals surface area contributed by atoms with Crippen molar-refractivity contribution in [3.8, 4) is 0 Å². The van der Waals surface area contributed by atoms with Gasteiger partial charge < -0.3 is 10.3 Å². The van der Waals surface area contributed by atoms with E-state index in [1.165, 1.54) is 36.5 Å². The number of nitrogens with zero attached hydrogens (tertiary/aromatic N) is 1. The number of rotatable bonds is 5. The summed E-state index contributed by atoms with van der Waals surface area (Å²) in [7, 11) is -1.86. The van der Waals surface area contributed by atoms with Crippen LogP contribution in [0.4, 0.5) is 4.39 Å². The molecule has 1 aromatic heterocycles. The SMILES string of the molecule is Cn1cc(S(=O)(=O)NCc2ccc(F)cc2)cc1CN. The van der Waals surface area contributed by atoms with E-state index in [-0.39, 0.29) is 23.8 Å². The molecule has 0 aliphatic rings. The van der Waals surface area contributed by atoms with Crippen LogP contribution in [0.1, 0.15) is 11.3 Å². The minimum atomic E-state index is -3.60. The van der Waals surface area contributed by atoms with Crippen molar-refractivity contribution in [3.63, 3.8) is 0 Å². The van der Waals surface area contributed by atoms with Crippen LogP contribution >= 0.6 is 0 Å². The second-order valence-electron chi connectivity index (χ2n) is 4.43. The monoisotopic (exact) mass is 297 g/mol. The van der Waals surface area contributed by atoms with Crippen LogP contribution < -0.4 is 10.5 Å². The first-order valence-electron chi connectivity index (χ1n) is 6.02. The fraction of sp³-hybridized carbons (Fsp3) is 0.231. The zero-order chi connectivity index (χ0) is 14.8. The number of sulfonamides is 1. The van der Waals surface area contributed by atoms with Crippen molar-refractivity contribution in [2.24, 2.45) is 12.8 Å². The fourth-order valence-corrected chi connectivity index (χ4v) is 2.90. The van der Waals surface area contributed by atoms with Gasteiger partial charge in [0.2, 0.25) is 10.0 Å². The van der Waals surface area contributed by atoms with E-state index in [1.54, 1.807) is 11.6 Å². The number of benzene rings is 1. The Kier molecular flexibility index (Phi) is 4.22. The van der Waals surface area contributed by atoms with Crippen molar-refractivity contribution in [2.75, 3.05) is 0 Å². The van der Waals surface area contributed by atoms with Gasteiger partial charge in [0.1, 0.15) is 5.82 Å². The molecule has 1 heterocycles. The number of aryl methyl sites for hydroxylation is 1. The molecule has 20 heavy (non-hydrogen) atoms. The van der Waals surface area contributed by atoms with E-state index in [9.17, 15) is 12.8 Å². The van der Waals surface area contributed by atoms with E-state index in [4.69, 9.17) is 5.73 Å². The van der Waals surface area contributed by atoms with Crippen molar-refractivity contribution in [3.05, 3.63) is 53.6 Å². The minimum Gasteiger partial charge on any atom is -0.352 e. The van der Waals surface area contributed by atoms with E-state index in [0.717, 1.165) is 5.69 Å². The molecule has 5 nitrogen and oxygen atoms in total. The van der Waals surface area contributed by atoms with E-state index in [2.05, 4.69) is 4.72 Å². The summed E-state index contributed by atoms with van der Waals surface area (Å²) >= 11 is 0. The lowest BCUT2D eigenvalue weighted by Crippen LogP contribution is -2.22. The molecule has 1 aromatic carbocycles. The maximum absolute atomic E-state index is 12.8. The molecule has 0 aliphatic carbocycles. The molecule has 0 saturated carbocycles. The molecule has 108 valence electrons. The van der Waals surface area contributed by atoms with E-state index >= 15 is 0 Å². The zero-order valence-corrected chi connectivity index (χ0v) is 11.8. The van der Waals surface area contributed by atoms with Gasteiger partial charge in [-0.15, -0.1) is 0 Å². The third kappa shape index (κ3) is 3.24. The molecule has 0 unspecified atom stereocenters. The molecule has 0 saturated heterocycles. The molecule has 0 radical (unpaired) electrons. The van der Waals surface area contributed by atoms with Crippen molar-refractivity contribution < 1.29 is 12.8 Å². The normalized spacial score (nSPS) is 11.8. The topological polar surface area (TPSA) is 77.1 Å². The molecule has 2 rings (SSSR count). The molecular weight excluding hydrogens is 281 g/mol. The summed E-state index contributed by atoms with van der Waals surface area (Å²) in [6, 6.07) is 7.19. The van der Waals surface area contributed by atoms with Crippen LogP contribution in [0.5, 0.6) is 0 Å². The average Bonchev–Trinajstić information content (AvgIpc) is 2.80. The fourth-order valence-electron chi connectivity index (χ4n) is 1.79. The molecule has 0 aliphatic heterocycles. The number of aromatic nitrogens is 1. The van der Waals surface area contributed by atoms with E-state index in [0.29, 0.717) is 5.56 Å². The van der Waals surface area contributed by atoms with Gasteiger partial charge in [-0.1, -0.05) is 12.1 Å². The predicted molar refractivity (Wildman–Crippen MR) is 73.7 cm³/mol. The highest BCUT2D eigenvalue weighted by atomic mass is 32.2. The molecule has 0 fully saturated rings. The van der Waals surface area contributed by atoms with Gasteiger partial charge in [-0.2, -0.15) is 0 Å². The van der Waals surface area contributed by atoms with Gasteiger partial charge >= 0.3 is 0 Å². The lowest BCUT2D eigenvalue weighted by molar-refractivity contribution is 0.581. The van der Waals surface area contributed by atoms with Gasteiger partial charge in [-0.3, -0.25) is 0 Å². The van der Waals surface area contributed by atoms with E-state index < -0.39 is 10.0 Å². The highest BCUT2D eigenvalue weighted by Gasteiger charge is 2.16. The maximum Gasteiger partial charge on any atom is 0.242 e. The lowest BCUT2D eigenvalue weighted by atomic mass is 10.2. The Bertz CT molecular complexity index is 693. The largest absolute Gasteiger partial charge is 0.352 e. The molecule has 0 amide bonds. The Morgan fingerprint density at radius 3 is 2.50 bits per heavy atom. The number of hydrogen-bond acceptors (Lipinski definition) is 3. The number of nitrogens with two attached hydrogens (primary N) is 1. The van der Waals surface area contributed by atoms with Crippen molar-refractivity contribution >= 4 is 10.0 Å². The summed E-state index contributed by atoms with van der Waals surface area (Å²) in [5, 5.41) is 0. The van der Waals surface area contributed by atoms with Crippen molar-refractivity contribution in [2.45, 2.75) is 18.0 Å². The minimum absolute atomic E-state index is 0.107. The third-order valence-corrected chi connectivity index (χ3v) is 4.35. The summed E-state index contributed by atoms with van der Waals surface area (Å²) in [6.45, 7) is 0.374. The highest BCUT2D eigenvalue weighted by Crippen LogP contribution is 2.13. The molecule has 3 N–H and O–H groups in total. The summed E-state index contributed by atoms with van der Waals surface area (Å²) < 4.78 is 41.1. The van der Waals surface area contributed by atoms with Crippen LogP contribution in [0.2, 0.25) is 0 Å². The number of hydrogen-bond donors (Lipinski definition) is 2. The smallest absolute Gasteiger partial charge is 0.242 e. The lowest BCUT2D eigenvalue weighted by Gasteiger charge is -2.05. The molecule has 7 heteroatoms. The summed E-state index contributed by atoms with van der Waals surface area (Å²) in [5.74, 6) is -0.354. The number of halogens is 1. The van der Waals surface area contributed by atoms with Crippen LogP contribution in [0.3, 0.4) is 0 Å². The van der Waals surface area contributed by atoms with Gasteiger partial charge in [0.05, 0.1) is 4.90 Å². The first-order chi connectivity index (χ1) is 9.42. The second kappa shape index (κ2) is 5.74. The van der Waals surface area contributed by atoms with Gasteiger partial charge in [0.25, 0.3) is 0 Å². The van der Waals surface area contributed by atoms with Crippen LogP contribution in [0, 0.1) is 5.82 Å². The Balaban J connectivity index is 2.12. The second-order valence-corrected chi connectivity index (χ2v) is 6.20. The summed E-state index contributed by atoms with van der Waals surface area (Å²) in [4.78, 5) is 0.169. The quantitative estimate of drug-likeness (QED) is 0.867. The van der Waals surface area contributed by atoms with Crippen LogP contribution in [0.25, 0.3) is 0 Å². The summed E-state index contributed by atoms with van der Waals surface area (Å²) in [6.07, 6.45) is 1.51. The predicted octanol–water partition coefficient (Wildman–Crippen LogP) is 1.10. The average molecular weight is 297 g/mol. The van der Waals surface area contributed by atoms with Gasteiger partial charge in [0, 0.05) is 32.0 Å². The third-order valence-electron chi connectivity index (χ3n) is 2.98. The first-order valence-corrected chi connectivity index (χ1v) is 7.50. The maximum atomic E-state index is 12.8. The van der Waals surface area contributed by atoms with Gasteiger partial charge in [-0.25, -0.2) is 17.5 Å². The van der Waals surface area contributed by atoms with E-state index in [1.807, 2.05) is 0 Å². The molecular formula is C13H16FN3O2S. The van der Waals surface area contributed by atoms with Crippen LogP contribution in [-0.4, -0.2) is 13.0 Å². The molecule has 0 spiro atoms. The molecule has 0 atom stereocenters. The highest BCUT2D eigenvalue weighted by molar-refractivity contribution is 7.89. The first kappa shape index (κ1) is 14.7. The number of nitrogens with one attached hydrogen (secondary N) is 1. The van der Waals surface area contributed by atoms with Crippen LogP contribution in [-0.2, 0) is 30.2 Å². The van der Waals surface area contributed by atoms with Crippen LogP contribution in [0.15, 0.2) is 41.4 Å². The van der Waals surface area contributed by atoms with Gasteiger partial charge in [0.15, 0.2) is 0 Å². The standard InChI is InChI=1S/C13H16FN3O2S/c1-17-9-13(6-12(17)7-15)20(18,19)16-8-10-2-4-11(14)5-3-10/h2-6,9,16H,7-8,15H2,1H3. The Morgan fingerprint density at radius 1 is 1.30 bits per heavy atom.